The normalized spacial score (nSPS) is 21.4. The highest BCUT2D eigenvalue weighted by Gasteiger charge is 2.27. The number of amides is 1. The molecule has 5 nitrogen and oxygen atoms in total. The maximum atomic E-state index is 11.9. The number of carbonyl (C=O) groups is 1. The van der Waals surface area contributed by atoms with E-state index in [2.05, 4.69) is 22.5 Å². The summed E-state index contributed by atoms with van der Waals surface area (Å²) in [5, 5.41) is 6.15. The highest BCUT2D eigenvalue weighted by Crippen LogP contribution is 2.03. The zero-order valence-electron chi connectivity index (χ0n) is 11.0. The molecule has 1 amide bonds. The number of rotatable bonds is 7. The third-order valence-corrected chi connectivity index (χ3v) is 2.88. The molecule has 0 radical (unpaired) electrons. The van der Waals surface area contributed by atoms with Crippen molar-refractivity contribution in [2.24, 2.45) is 0 Å². The molecule has 0 aliphatic carbocycles. The van der Waals surface area contributed by atoms with Gasteiger partial charge in [0.2, 0.25) is 5.91 Å². The summed E-state index contributed by atoms with van der Waals surface area (Å²) < 4.78 is 5.48. The summed E-state index contributed by atoms with van der Waals surface area (Å²) in [6, 6.07) is -0.0473. The van der Waals surface area contributed by atoms with Crippen molar-refractivity contribution in [1.82, 2.24) is 15.5 Å². The molecule has 0 aromatic rings. The van der Waals surface area contributed by atoms with Gasteiger partial charge in [0.15, 0.2) is 0 Å². The Bertz CT molecular complexity index is 224. The van der Waals surface area contributed by atoms with Crippen LogP contribution in [0.25, 0.3) is 0 Å². The zero-order chi connectivity index (χ0) is 12.5. The molecule has 0 bridgehead atoms. The molecule has 1 atom stereocenters. The van der Waals surface area contributed by atoms with Crippen LogP contribution in [0.2, 0.25) is 0 Å². The molecule has 5 heteroatoms. The second kappa shape index (κ2) is 8.44. The standard InChI is InChI=1S/C12H25N3O2/c1-3-8-17-9-7-15-6-5-13-10-11(15)12(16)14-4-2/h11,13H,3-10H2,1-2H3,(H,14,16). The molecule has 1 unspecified atom stereocenters. The van der Waals surface area contributed by atoms with Gasteiger partial charge < -0.3 is 15.4 Å². The summed E-state index contributed by atoms with van der Waals surface area (Å²) in [6.07, 6.45) is 1.04. The van der Waals surface area contributed by atoms with Crippen molar-refractivity contribution < 1.29 is 9.53 Å². The summed E-state index contributed by atoms with van der Waals surface area (Å²) in [6.45, 7) is 9.69. The first kappa shape index (κ1) is 14.4. The van der Waals surface area contributed by atoms with E-state index >= 15 is 0 Å². The predicted octanol–water partition coefficient (Wildman–Crippen LogP) is -0.177. The topological polar surface area (TPSA) is 53.6 Å². The number of hydrogen-bond acceptors (Lipinski definition) is 4. The molecule has 1 heterocycles. The van der Waals surface area contributed by atoms with Crippen LogP contribution < -0.4 is 10.6 Å². The summed E-state index contributed by atoms with van der Waals surface area (Å²) in [5.74, 6) is 0.121. The van der Waals surface area contributed by atoms with Crippen molar-refractivity contribution in [3.05, 3.63) is 0 Å². The van der Waals surface area contributed by atoms with Crippen molar-refractivity contribution in [3.63, 3.8) is 0 Å². The van der Waals surface area contributed by atoms with Crippen LogP contribution in [-0.4, -0.2) is 62.8 Å². The van der Waals surface area contributed by atoms with Gasteiger partial charge in [-0.1, -0.05) is 6.92 Å². The number of carbonyl (C=O) groups excluding carboxylic acids is 1. The van der Waals surface area contributed by atoms with Gasteiger partial charge in [0.25, 0.3) is 0 Å². The van der Waals surface area contributed by atoms with Crippen LogP contribution in [0.1, 0.15) is 20.3 Å². The lowest BCUT2D eigenvalue weighted by atomic mass is 10.2. The van der Waals surface area contributed by atoms with E-state index in [1.54, 1.807) is 0 Å². The molecule has 1 saturated heterocycles. The monoisotopic (exact) mass is 243 g/mol. The van der Waals surface area contributed by atoms with Crippen molar-refractivity contribution in [3.8, 4) is 0 Å². The Labute approximate surface area is 104 Å². The number of likely N-dealkylation sites (N-methyl/N-ethyl adjacent to an activating group) is 1. The van der Waals surface area contributed by atoms with E-state index in [-0.39, 0.29) is 11.9 Å². The Kier molecular flexibility index (Phi) is 7.16. The van der Waals surface area contributed by atoms with E-state index in [4.69, 9.17) is 4.74 Å². The largest absolute Gasteiger partial charge is 0.380 e. The van der Waals surface area contributed by atoms with E-state index in [0.717, 1.165) is 39.2 Å². The lowest BCUT2D eigenvalue weighted by molar-refractivity contribution is -0.127. The Morgan fingerprint density at radius 2 is 2.29 bits per heavy atom. The SMILES string of the molecule is CCCOCCN1CCNCC1C(=O)NCC. The van der Waals surface area contributed by atoms with Crippen LogP contribution >= 0.6 is 0 Å². The molecule has 1 rings (SSSR count). The maximum Gasteiger partial charge on any atom is 0.238 e. The molecular formula is C12H25N3O2. The average molecular weight is 243 g/mol. The average Bonchev–Trinajstić information content (AvgIpc) is 2.35. The number of nitrogens with one attached hydrogen (secondary N) is 2. The van der Waals surface area contributed by atoms with Gasteiger partial charge in [0.05, 0.1) is 6.61 Å². The van der Waals surface area contributed by atoms with Gasteiger partial charge in [-0.15, -0.1) is 0 Å². The lowest BCUT2D eigenvalue weighted by Gasteiger charge is -2.34. The quantitative estimate of drug-likeness (QED) is 0.609. The van der Waals surface area contributed by atoms with Crippen LogP contribution in [0.4, 0.5) is 0 Å². The Morgan fingerprint density at radius 1 is 1.47 bits per heavy atom. The van der Waals surface area contributed by atoms with Crippen LogP contribution in [-0.2, 0) is 9.53 Å². The van der Waals surface area contributed by atoms with Crippen LogP contribution in [0.15, 0.2) is 0 Å². The smallest absolute Gasteiger partial charge is 0.238 e. The minimum atomic E-state index is -0.0473. The van der Waals surface area contributed by atoms with Gasteiger partial charge in [-0.05, 0) is 13.3 Å². The number of nitrogens with zero attached hydrogens (tertiary/aromatic N) is 1. The van der Waals surface area contributed by atoms with Gasteiger partial charge in [-0.2, -0.15) is 0 Å². The predicted molar refractivity (Wildman–Crippen MR) is 68.0 cm³/mol. The van der Waals surface area contributed by atoms with E-state index in [9.17, 15) is 4.79 Å². The first-order valence-corrected chi connectivity index (χ1v) is 6.59. The molecule has 2 N–H and O–H groups in total. The van der Waals surface area contributed by atoms with E-state index < -0.39 is 0 Å². The molecule has 1 aliphatic heterocycles. The summed E-state index contributed by atoms with van der Waals surface area (Å²) in [7, 11) is 0. The van der Waals surface area contributed by atoms with E-state index in [0.29, 0.717) is 13.2 Å². The number of piperazine rings is 1. The van der Waals surface area contributed by atoms with Crippen molar-refractivity contribution in [2.45, 2.75) is 26.3 Å². The minimum Gasteiger partial charge on any atom is -0.380 e. The molecule has 1 aliphatic rings. The maximum absolute atomic E-state index is 11.9. The highest BCUT2D eigenvalue weighted by atomic mass is 16.5. The third-order valence-electron chi connectivity index (χ3n) is 2.88. The zero-order valence-corrected chi connectivity index (χ0v) is 11.0. The molecule has 0 spiro atoms. The second-order valence-electron chi connectivity index (χ2n) is 4.26. The minimum absolute atomic E-state index is 0.0473. The van der Waals surface area contributed by atoms with Gasteiger partial charge in [-0.25, -0.2) is 0 Å². The van der Waals surface area contributed by atoms with Crippen molar-refractivity contribution in [1.29, 1.82) is 0 Å². The fourth-order valence-corrected chi connectivity index (χ4v) is 1.99. The highest BCUT2D eigenvalue weighted by molar-refractivity contribution is 5.82. The van der Waals surface area contributed by atoms with E-state index in [1.807, 2.05) is 6.92 Å². The van der Waals surface area contributed by atoms with Gasteiger partial charge in [-0.3, -0.25) is 9.69 Å². The molecule has 1 fully saturated rings. The Balaban J connectivity index is 2.34. The Hall–Kier alpha value is -0.650. The second-order valence-corrected chi connectivity index (χ2v) is 4.26. The molecule has 0 aromatic carbocycles. The number of hydrogen-bond donors (Lipinski definition) is 2. The molecule has 100 valence electrons. The van der Waals surface area contributed by atoms with Crippen LogP contribution in [0, 0.1) is 0 Å². The molecular weight excluding hydrogens is 218 g/mol. The first-order chi connectivity index (χ1) is 8.29. The fraction of sp³-hybridized carbons (Fsp3) is 0.917. The fourth-order valence-electron chi connectivity index (χ4n) is 1.99. The van der Waals surface area contributed by atoms with Crippen LogP contribution in [0.5, 0.6) is 0 Å². The molecule has 17 heavy (non-hydrogen) atoms. The van der Waals surface area contributed by atoms with Gasteiger partial charge >= 0.3 is 0 Å². The van der Waals surface area contributed by atoms with Gasteiger partial charge in [0, 0.05) is 39.3 Å². The first-order valence-electron chi connectivity index (χ1n) is 6.59. The van der Waals surface area contributed by atoms with E-state index in [1.165, 1.54) is 0 Å². The lowest BCUT2D eigenvalue weighted by Crippen LogP contribution is -2.58. The molecule has 0 saturated carbocycles. The third kappa shape index (κ3) is 5.02. The number of ether oxygens (including phenoxy) is 1. The van der Waals surface area contributed by atoms with Crippen molar-refractivity contribution in [2.75, 3.05) is 45.9 Å². The Morgan fingerprint density at radius 3 is 3.00 bits per heavy atom. The van der Waals surface area contributed by atoms with Crippen LogP contribution in [0.3, 0.4) is 0 Å². The van der Waals surface area contributed by atoms with Gasteiger partial charge in [0.1, 0.15) is 6.04 Å². The summed E-state index contributed by atoms with van der Waals surface area (Å²) in [4.78, 5) is 14.1. The van der Waals surface area contributed by atoms with Crippen molar-refractivity contribution >= 4 is 5.91 Å². The molecule has 0 aromatic heterocycles. The summed E-state index contributed by atoms with van der Waals surface area (Å²) >= 11 is 0. The summed E-state index contributed by atoms with van der Waals surface area (Å²) in [5.41, 5.74) is 0.